The number of unbranched alkanes of at least 4 members (excludes halogenated alkanes) is 12. The van der Waals surface area contributed by atoms with Gasteiger partial charge in [-0.15, -0.1) is 6.42 Å². The normalized spacial score (nSPS) is 23.2. The van der Waals surface area contributed by atoms with E-state index in [2.05, 4.69) is 22.9 Å². The molecule has 0 spiro atoms. The van der Waals surface area contributed by atoms with Gasteiger partial charge in [-0.2, -0.15) is 5.10 Å². The first-order valence-corrected chi connectivity index (χ1v) is 17.8. The summed E-state index contributed by atoms with van der Waals surface area (Å²) in [4.78, 5) is 14.3. The zero-order valence-corrected chi connectivity index (χ0v) is 27.3. The second kappa shape index (κ2) is 18.9. The summed E-state index contributed by atoms with van der Waals surface area (Å²) in [6, 6.07) is 3.37. The zero-order chi connectivity index (χ0) is 31.8. The van der Waals surface area contributed by atoms with Crippen LogP contribution in [-0.2, 0) is 28.7 Å². The van der Waals surface area contributed by atoms with E-state index in [1.807, 2.05) is 0 Å². The smallest absolute Gasteiger partial charge is 0.387 e. The molecular weight excluding hydrogens is 585 g/mol. The van der Waals surface area contributed by atoms with Crippen LogP contribution < -0.4 is 0 Å². The lowest BCUT2D eigenvalue weighted by Gasteiger charge is -2.26. The van der Waals surface area contributed by atoms with Crippen molar-refractivity contribution in [3.8, 4) is 12.3 Å². The fourth-order valence-corrected chi connectivity index (χ4v) is 6.31. The average molecular weight is 638 g/mol. The second-order valence-corrected chi connectivity index (χ2v) is 13.1. The fourth-order valence-electron chi connectivity index (χ4n) is 5.54. The van der Waals surface area contributed by atoms with Crippen molar-refractivity contribution in [3.05, 3.63) is 29.8 Å². The zero-order valence-electron chi connectivity index (χ0n) is 26.4. The summed E-state index contributed by atoms with van der Waals surface area (Å²) < 4.78 is 35.7. The monoisotopic (exact) mass is 637 g/mol. The molecule has 1 fully saturated rings. The summed E-state index contributed by atoms with van der Waals surface area (Å²) in [5.74, 6) is 2.44. The number of ether oxygens (including phenoxy) is 2. The fraction of sp³-hybridized carbons (Fsp3) is 0.750. The molecular formula is C32H52N3O8P. The summed E-state index contributed by atoms with van der Waals surface area (Å²) >= 11 is 0. The van der Waals surface area contributed by atoms with Gasteiger partial charge < -0.3 is 24.6 Å². The number of terminal acetylenes is 1. The molecule has 1 aliphatic heterocycles. The quantitative estimate of drug-likeness (QED) is 0.0798. The van der Waals surface area contributed by atoms with E-state index >= 15 is 0 Å². The van der Waals surface area contributed by atoms with E-state index in [9.17, 15) is 19.7 Å². The van der Waals surface area contributed by atoms with Crippen molar-refractivity contribution in [2.24, 2.45) is 0 Å². The summed E-state index contributed by atoms with van der Waals surface area (Å²) in [5, 5.41) is 25.7. The van der Waals surface area contributed by atoms with Gasteiger partial charge in [0, 0.05) is 13.2 Å². The highest BCUT2D eigenvalue weighted by Gasteiger charge is 2.56. The highest BCUT2D eigenvalue weighted by molar-refractivity contribution is 7.47. The van der Waals surface area contributed by atoms with Crippen LogP contribution in [0.4, 0.5) is 0 Å². The van der Waals surface area contributed by atoms with Gasteiger partial charge in [-0.1, -0.05) is 83.5 Å². The van der Waals surface area contributed by atoms with E-state index in [1.54, 1.807) is 19.1 Å². The van der Waals surface area contributed by atoms with Gasteiger partial charge in [0.25, 0.3) is 0 Å². The third kappa shape index (κ3) is 10.6. The number of aliphatic hydroxyl groups excluding tert-OH is 2. The molecule has 0 aliphatic carbocycles. The van der Waals surface area contributed by atoms with Crippen LogP contribution in [0, 0.1) is 19.3 Å². The lowest BCUT2D eigenvalue weighted by Crippen LogP contribution is -2.41. The van der Waals surface area contributed by atoms with Crippen LogP contribution in [0.15, 0.2) is 18.5 Å². The van der Waals surface area contributed by atoms with Crippen molar-refractivity contribution in [3.63, 3.8) is 0 Å². The van der Waals surface area contributed by atoms with E-state index < -0.39 is 38.3 Å². The summed E-state index contributed by atoms with van der Waals surface area (Å²) in [6.45, 7) is 4.82. The maximum atomic E-state index is 12.4. The van der Waals surface area contributed by atoms with Gasteiger partial charge in [0.05, 0.1) is 30.1 Å². The lowest BCUT2D eigenvalue weighted by atomic mass is 9.92. The molecule has 0 saturated carbocycles. The minimum absolute atomic E-state index is 0.00986. The number of aryl methyl sites for hydroxylation is 1. The van der Waals surface area contributed by atoms with Crippen molar-refractivity contribution in [2.45, 2.75) is 128 Å². The molecule has 0 radical (unpaired) electrons. The molecule has 5 atom stereocenters. The molecule has 3 rings (SSSR count). The Morgan fingerprint density at radius 1 is 0.955 bits per heavy atom. The summed E-state index contributed by atoms with van der Waals surface area (Å²) in [7, 11) is -4.43. The Hall–Kier alpha value is -1.87. The van der Waals surface area contributed by atoms with Crippen LogP contribution in [0.5, 0.6) is 0 Å². The topological polar surface area (TPSA) is 145 Å². The Labute approximate surface area is 262 Å². The summed E-state index contributed by atoms with van der Waals surface area (Å²) in [5.41, 5.74) is -0.0891. The highest BCUT2D eigenvalue weighted by atomic mass is 31.2. The minimum Gasteiger partial charge on any atom is -0.387 e. The Bertz CT molecular complexity index is 1200. The van der Waals surface area contributed by atoms with E-state index in [0.29, 0.717) is 36.4 Å². The van der Waals surface area contributed by atoms with Crippen molar-refractivity contribution in [2.75, 3.05) is 26.4 Å². The lowest BCUT2D eigenvalue weighted by molar-refractivity contribution is -0.0630. The summed E-state index contributed by atoms with van der Waals surface area (Å²) in [6.07, 6.45) is 19.8. The van der Waals surface area contributed by atoms with Gasteiger partial charge in [0.1, 0.15) is 24.6 Å². The molecule has 12 heteroatoms. The van der Waals surface area contributed by atoms with Gasteiger partial charge in [-0.25, -0.2) is 14.1 Å². The van der Waals surface area contributed by atoms with Gasteiger partial charge in [-0.05, 0) is 38.3 Å². The van der Waals surface area contributed by atoms with Gasteiger partial charge in [0.15, 0.2) is 5.60 Å². The molecule has 3 heterocycles. The maximum absolute atomic E-state index is 12.4. The van der Waals surface area contributed by atoms with Gasteiger partial charge in [0.2, 0.25) is 0 Å². The van der Waals surface area contributed by atoms with Crippen LogP contribution in [0.1, 0.15) is 108 Å². The van der Waals surface area contributed by atoms with E-state index in [-0.39, 0.29) is 6.61 Å². The van der Waals surface area contributed by atoms with Gasteiger partial charge >= 0.3 is 7.82 Å². The van der Waals surface area contributed by atoms with Crippen molar-refractivity contribution in [1.82, 2.24) is 14.6 Å². The predicted molar refractivity (Wildman–Crippen MR) is 168 cm³/mol. The highest BCUT2D eigenvalue weighted by Crippen LogP contribution is 2.46. The SMILES string of the molecule is C#C[C@@]1(c2ccc3c(C)ncnn23)O[C@H](COP(=O)(O)OCCCCOCCCCCCCCCCCCCC)[C@@H](O)[C@H]1O. The van der Waals surface area contributed by atoms with Crippen molar-refractivity contribution in [1.29, 1.82) is 0 Å². The molecule has 248 valence electrons. The molecule has 1 unspecified atom stereocenters. The first-order valence-electron chi connectivity index (χ1n) is 16.3. The number of rotatable bonds is 23. The van der Waals surface area contributed by atoms with Crippen LogP contribution >= 0.6 is 7.82 Å². The van der Waals surface area contributed by atoms with Crippen molar-refractivity contribution >= 4 is 13.3 Å². The Balaban J connectivity index is 1.25. The van der Waals surface area contributed by atoms with E-state index in [0.717, 1.165) is 13.0 Å². The molecule has 1 aliphatic rings. The molecule has 1 saturated heterocycles. The molecule has 2 aromatic heterocycles. The second-order valence-electron chi connectivity index (χ2n) is 11.6. The first-order chi connectivity index (χ1) is 21.3. The minimum atomic E-state index is -4.43. The number of aliphatic hydroxyl groups is 2. The van der Waals surface area contributed by atoms with Crippen LogP contribution in [0.25, 0.3) is 5.52 Å². The van der Waals surface area contributed by atoms with Gasteiger partial charge in [-0.3, -0.25) is 9.05 Å². The van der Waals surface area contributed by atoms with E-state index in [4.69, 9.17) is 24.9 Å². The van der Waals surface area contributed by atoms with E-state index in [1.165, 1.54) is 81.5 Å². The number of fused-ring (bicyclic) bond motifs is 1. The molecule has 2 aromatic rings. The molecule has 3 N–H and O–H groups in total. The maximum Gasteiger partial charge on any atom is 0.472 e. The Morgan fingerprint density at radius 2 is 1.55 bits per heavy atom. The number of phosphoric acid groups is 1. The van der Waals surface area contributed by atoms with Crippen LogP contribution in [-0.4, -0.2) is 74.4 Å². The number of hydrogen-bond acceptors (Lipinski definition) is 9. The molecule has 0 amide bonds. The predicted octanol–water partition coefficient (Wildman–Crippen LogP) is 5.62. The number of nitrogens with zero attached hydrogens (tertiary/aromatic N) is 3. The molecule has 0 bridgehead atoms. The Morgan fingerprint density at radius 3 is 2.18 bits per heavy atom. The molecule has 11 nitrogen and oxygen atoms in total. The van der Waals surface area contributed by atoms with Crippen LogP contribution in [0.2, 0.25) is 0 Å². The standard InChI is InChI=1S/C32H52N3O8P/c1-4-6-7-8-9-10-11-12-13-14-15-16-21-40-22-17-18-23-41-44(38,39)42-24-28-30(36)31(37)32(5-2,43-28)29-20-19-27-26(3)33-25-34-35(27)29/h2,19-20,25,28,30-31,36-37H,4,6-18,21-24H2,1,3H3,(H,38,39)/t28-,30-,31-,32+/m1/s1. The number of hydrogen-bond donors (Lipinski definition) is 3. The first kappa shape index (κ1) is 36.6. The van der Waals surface area contributed by atoms with Crippen LogP contribution in [0.3, 0.4) is 0 Å². The van der Waals surface area contributed by atoms with Crippen molar-refractivity contribution < 1.29 is 38.2 Å². The third-order valence-corrected chi connectivity index (χ3v) is 9.16. The average Bonchev–Trinajstić information content (AvgIpc) is 3.56. The third-order valence-electron chi connectivity index (χ3n) is 8.18. The number of phosphoric ester groups is 1. The molecule has 0 aromatic carbocycles. The Kier molecular flexibility index (Phi) is 15.8. The molecule has 44 heavy (non-hydrogen) atoms. The largest absolute Gasteiger partial charge is 0.472 e. The number of aromatic nitrogens is 3.